The molecule has 0 rings (SSSR count). The van der Waals surface area contributed by atoms with E-state index in [1.54, 1.807) is 13.0 Å². The first kappa shape index (κ1) is 12.1. The maximum atomic E-state index is 10.8. The first-order valence-corrected chi connectivity index (χ1v) is 4.26. The van der Waals surface area contributed by atoms with Crippen LogP contribution in [0.3, 0.4) is 0 Å². The second kappa shape index (κ2) is 9.16. The van der Waals surface area contributed by atoms with E-state index in [1.807, 2.05) is 13.0 Å². The Labute approximate surface area is 84.6 Å². The molecule has 0 saturated heterocycles. The summed E-state index contributed by atoms with van der Waals surface area (Å²) < 4.78 is 4.65. The number of hydrogen-bond donors (Lipinski definition) is 0. The van der Waals surface area contributed by atoms with Gasteiger partial charge in [0.05, 0.1) is 6.61 Å². The highest BCUT2D eigenvalue weighted by Crippen LogP contribution is 1.79. The van der Waals surface area contributed by atoms with Crippen molar-refractivity contribution in [2.75, 3.05) is 6.61 Å². The summed E-state index contributed by atoms with van der Waals surface area (Å²) >= 11 is 0. The molecule has 0 aromatic carbocycles. The molecular formula is C12H12O2. The van der Waals surface area contributed by atoms with Crippen molar-refractivity contribution in [1.82, 2.24) is 0 Å². The van der Waals surface area contributed by atoms with Crippen LogP contribution in [0.2, 0.25) is 0 Å². The van der Waals surface area contributed by atoms with E-state index in [4.69, 9.17) is 0 Å². The fraction of sp³-hybridized carbons (Fsp3) is 0.250. The molecule has 0 atom stereocenters. The lowest BCUT2D eigenvalue weighted by Gasteiger charge is -1.91. The van der Waals surface area contributed by atoms with E-state index in [0.717, 1.165) is 0 Å². The van der Waals surface area contributed by atoms with Gasteiger partial charge in [0.2, 0.25) is 0 Å². The number of hydrogen-bond acceptors (Lipinski definition) is 2. The van der Waals surface area contributed by atoms with Crippen molar-refractivity contribution in [3.05, 3.63) is 24.3 Å². The molecule has 0 unspecified atom stereocenters. The molecule has 0 aliphatic rings. The van der Waals surface area contributed by atoms with Gasteiger partial charge in [0, 0.05) is 6.08 Å². The molecule has 0 saturated carbocycles. The van der Waals surface area contributed by atoms with Gasteiger partial charge in [-0.1, -0.05) is 17.9 Å². The zero-order valence-electron chi connectivity index (χ0n) is 8.33. The molecule has 0 spiro atoms. The first-order valence-electron chi connectivity index (χ1n) is 4.26. The first-order chi connectivity index (χ1) is 6.81. The Kier molecular flexibility index (Phi) is 7.90. The summed E-state index contributed by atoms with van der Waals surface area (Å²) in [6.07, 6.45) is 6.21. The number of ether oxygens (including phenoxy) is 1. The summed E-state index contributed by atoms with van der Waals surface area (Å²) in [6.45, 7) is 4.00. The van der Waals surface area contributed by atoms with E-state index >= 15 is 0 Å². The van der Waals surface area contributed by atoms with Crippen LogP contribution in [-0.4, -0.2) is 12.6 Å². The van der Waals surface area contributed by atoms with Crippen LogP contribution in [-0.2, 0) is 9.53 Å². The molecule has 0 fully saturated rings. The number of esters is 1. The van der Waals surface area contributed by atoms with Gasteiger partial charge in [0.25, 0.3) is 0 Å². The van der Waals surface area contributed by atoms with Crippen LogP contribution in [0.15, 0.2) is 24.3 Å². The van der Waals surface area contributed by atoms with Crippen LogP contribution in [0.25, 0.3) is 0 Å². The van der Waals surface area contributed by atoms with Crippen molar-refractivity contribution < 1.29 is 9.53 Å². The highest BCUT2D eigenvalue weighted by atomic mass is 16.5. The molecule has 0 heterocycles. The Bertz CT molecular complexity index is 340. The molecule has 0 amide bonds. The van der Waals surface area contributed by atoms with Crippen LogP contribution < -0.4 is 0 Å². The van der Waals surface area contributed by atoms with Gasteiger partial charge in [-0.15, -0.1) is 0 Å². The zero-order valence-corrected chi connectivity index (χ0v) is 8.33. The summed E-state index contributed by atoms with van der Waals surface area (Å²) in [7, 11) is 0. The predicted octanol–water partition coefficient (Wildman–Crippen LogP) is 1.69. The lowest BCUT2D eigenvalue weighted by molar-refractivity contribution is -0.137. The Hall–Kier alpha value is -1.93. The Balaban J connectivity index is 3.93. The molecule has 14 heavy (non-hydrogen) atoms. The molecule has 0 aliphatic heterocycles. The van der Waals surface area contributed by atoms with Crippen molar-refractivity contribution in [3.63, 3.8) is 0 Å². The van der Waals surface area contributed by atoms with E-state index in [9.17, 15) is 4.79 Å². The third kappa shape index (κ3) is 8.17. The van der Waals surface area contributed by atoms with E-state index in [-0.39, 0.29) is 5.97 Å². The van der Waals surface area contributed by atoms with Crippen molar-refractivity contribution >= 4 is 5.97 Å². The monoisotopic (exact) mass is 188 g/mol. The third-order valence-electron chi connectivity index (χ3n) is 1.05. The molecule has 2 nitrogen and oxygen atoms in total. The zero-order chi connectivity index (χ0) is 10.6. The lowest BCUT2D eigenvalue weighted by Crippen LogP contribution is -1.98. The summed E-state index contributed by atoms with van der Waals surface area (Å²) in [5, 5.41) is 0. The molecule has 0 bridgehead atoms. The number of carbonyl (C=O) groups is 1. The molecule has 72 valence electrons. The van der Waals surface area contributed by atoms with Gasteiger partial charge in [-0.25, -0.2) is 4.79 Å². The van der Waals surface area contributed by atoms with E-state index in [1.165, 1.54) is 12.2 Å². The molecule has 0 aromatic heterocycles. The second-order valence-corrected chi connectivity index (χ2v) is 2.12. The Morgan fingerprint density at radius 3 is 2.50 bits per heavy atom. The quantitative estimate of drug-likeness (QED) is 0.374. The minimum Gasteiger partial charge on any atom is -0.463 e. The average molecular weight is 188 g/mol. The maximum absolute atomic E-state index is 10.8. The van der Waals surface area contributed by atoms with Crippen LogP contribution in [0.5, 0.6) is 0 Å². The minimum atomic E-state index is -0.386. The standard InChI is InChI=1S/C12H12O2/c1-3-5-6-7-8-9-10-11-12(13)14-4-2/h3,5,10-11H,4H2,1-2H3. The Morgan fingerprint density at radius 1 is 1.29 bits per heavy atom. The van der Waals surface area contributed by atoms with Gasteiger partial charge in [-0.2, -0.15) is 0 Å². The highest BCUT2D eigenvalue weighted by Gasteiger charge is 1.89. The third-order valence-corrected chi connectivity index (χ3v) is 1.05. The Morgan fingerprint density at radius 2 is 1.93 bits per heavy atom. The summed E-state index contributed by atoms with van der Waals surface area (Å²) in [5.41, 5.74) is 0. The average Bonchev–Trinajstić information content (AvgIpc) is 2.17. The summed E-state index contributed by atoms with van der Waals surface area (Å²) in [4.78, 5) is 10.8. The minimum absolute atomic E-state index is 0.373. The number of rotatable bonds is 2. The van der Waals surface area contributed by atoms with Crippen molar-refractivity contribution in [2.45, 2.75) is 13.8 Å². The summed E-state index contributed by atoms with van der Waals surface area (Å²) in [6, 6.07) is 0. The molecule has 0 aliphatic carbocycles. The molecule has 0 radical (unpaired) electrons. The van der Waals surface area contributed by atoms with Crippen molar-refractivity contribution in [1.29, 1.82) is 0 Å². The van der Waals surface area contributed by atoms with Crippen molar-refractivity contribution in [2.24, 2.45) is 0 Å². The smallest absolute Gasteiger partial charge is 0.331 e. The second-order valence-electron chi connectivity index (χ2n) is 2.12. The molecule has 0 N–H and O–H groups in total. The largest absolute Gasteiger partial charge is 0.463 e. The van der Waals surface area contributed by atoms with Gasteiger partial charge < -0.3 is 4.74 Å². The van der Waals surface area contributed by atoms with Crippen LogP contribution in [0.1, 0.15) is 13.8 Å². The summed E-state index contributed by atoms with van der Waals surface area (Å²) in [5.74, 6) is 10.1. The normalized spacial score (nSPS) is 9.00. The number of carbonyl (C=O) groups excluding carboxylic acids is 1. The van der Waals surface area contributed by atoms with Crippen LogP contribution in [0.4, 0.5) is 0 Å². The number of allylic oxidation sites excluding steroid dienone is 3. The van der Waals surface area contributed by atoms with Gasteiger partial charge in [0.1, 0.15) is 0 Å². The van der Waals surface area contributed by atoms with E-state index in [0.29, 0.717) is 6.61 Å². The fourth-order valence-electron chi connectivity index (χ4n) is 0.539. The topological polar surface area (TPSA) is 26.3 Å². The molecular weight excluding hydrogens is 176 g/mol. The van der Waals surface area contributed by atoms with Gasteiger partial charge in [-0.3, -0.25) is 0 Å². The van der Waals surface area contributed by atoms with E-state index < -0.39 is 0 Å². The highest BCUT2D eigenvalue weighted by molar-refractivity contribution is 5.82. The van der Waals surface area contributed by atoms with Gasteiger partial charge in [-0.05, 0) is 37.8 Å². The molecule has 2 heteroatoms. The lowest BCUT2D eigenvalue weighted by atomic mass is 10.4. The predicted molar refractivity (Wildman–Crippen MR) is 56.1 cm³/mol. The van der Waals surface area contributed by atoms with E-state index in [2.05, 4.69) is 28.4 Å². The maximum Gasteiger partial charge on any atom is 0.331 e. The SMILES string of the molecule is CC=CC#CC#CC=CC(=O)OCC. The molecule has 0 aromatic rings. The van der Waals surface area contributed by atoms with Crippen LogP contribution >= 0.6 is 0 Å². The van der Waals surface area contributed by atoms with Gasteiger partial charge >= 0.3 is 5.97 Å². The van der Waals surface area contributed by atoms with Crippen molar-refractivity contribution in [3.8, 4) is 23.7 Å². The van der Waals surface area contributed by atoms with Gasteiger partial charge in [0.15, 0.2) is 0 Å². The fourth-order valence-corrected chi connectivity index (χ4v) is 0.539. The van der Waals surface area contributed by atoms with Crippen LogP contribution in [0, 0.1) is 23.7 Å².